The second kappa shape index (κ2) is 12.0. The number of nitrogens with one attached hydrogen (secondary N) is 1. The number of ether oxygens (including phenoxy) is 1. The van der Waals surface area contributed by atoms with Gasteiger partial charge < -0.3 is 14.8 Å². The fourth-order valence-corrected chi connectivity index (χ4v) is 7.40. The first-order chi connectivity index (χ1) is 19.3. The largest absolute Gasteiger partial charge is 0.493 e. The second-order valence-corrected chi connectivity index (χ2v) is 12.6. The number of aliphatic hydroxyl groups excluding tert-OH is 1. The Labute approximate surface area is 240 Å². The van der Waals surface area contributed by atoms with Gasteiger partial charge in [-0.15, -0.1) is 10.2 Å². The van der Waals surface area contributed by atoms with Gasteiger partial charge in [0.25, 0.3) is 0 Å². The van der Waals surface area contributed by atoms with Crippen molar-refractivity contribution in [2.75, 3.05) is 45.9 Å². The van der Waals surface area contributed by atoms with Crippen molar-refractivity contribution in [3.05, 3.63) is 39.5 Å². The van der Waals surface area contributed by atoms with Crippen molar-refractivity contribution in [2.45, 2.75) is 44.6 Å². The third-order valence-electron chi connectivity index (χ3n) is 7.12. The van der Waals surface area contributed by atoms with E-state index in [1.807, 2.05) is 13.8 Å². The zero-order valence-corrected chi connectivity index (χ0v) is 25.0. The highest BCUT2D eigenvalue weighted by Crippen LogP contribution is 2.41. The monoisotopic (exact) mass is 635 g/mol. The molecule has 0 radical (unpaired) electrons. The van der Waals surface area contributed by atoms with Crippen molar-refractivity contribution in [1.29, 1.82) is 0 Å². The number of rotatable bonds is 10. The van der Waals surface area contributed by atoms with Gasteiger partial charge in [-0.05, 0) is 59.9 Å². The van der Waals surface area contributed by atoms with E-state index in [-0.39, 0.29) is 17.2 Å². The van der Waals surface area contributed by atoms with Crippen LogP contribution in [0.4, 0.5) is 0 Å². The molecule has 40 heavy (non-hydrogen) atoms. The number of hydrogen-bond donors (Lipinski definition) is 2. The van der Waals surface area contributed by atoms with E-state index < -0.39 is 10.0 Å². The number of hydrogen-bond acceptors (Lipinski definition) is 8. The molecule has 0 saturated carbocycles. The number of benzene rings is 1. The third kappa shape index (κ3) is 5.18. The lowest BCUT2D eigenvalue weighted by atomic mass is 10.1. The van der Waals surface area contributed by atoms with E-state index >= 15 is 0 Å². The molecule has 0 bridgehead atoms. The summed E-state index contributed by atoms with van der Waals surface area (Å²) in [6.45, 7) is 7.54. The van der Waals surface area contributed by atoms with E-state index in [4.69, 9.17) is 4.74 Å². The molecule has 0 atom stereocenters. The van der Waals surface area contributed by atoms with Crippen molar-refractivity contribution in [3.8, 4) is 17.0 Å². The van der Waals surface area contributed by atoms with E-state index in [1.54, 1.807) is 22.8 Å². The maximum Gasteiger partial charge on any atom is 0.335 e. The van der Waals surface area contributed by atoms with Crippen LogP contribution in [-0.4, -0.2) is 92.8 Å². The van der Waals surface area contributed by atoms with Gasteiger partial charge in [-0.3, -0.25) is 9.47 Å². The van der Waals surface area contributed by atoms with Crippen LogP contribution in [0.3, 0.4) is 0 Å². The van der Waals surface area contributed by atoms with E-state index in [2.05, 4.69) is 36.0 Å². The highest BCUT2D eigenvalue weighted by Gasteiger charge is 2.29. The molecular weight excluding hydrogens is 602 g/mol. The van der Waals surface area contributed by atoms with Gasteiger partial charge in [0.15, 0.2) is 5.65 Å². The van der Waals surface area contributed by atoms with Crippen LogP contribution in [0.1, 0.15) is 33.1 Å². The fraction of sp³-hybridized carbons (Fsp3) is 0.500. The Balaban J connectivity index is 1.65. The summed E-state index contributed by atoms with van der Waals surface area (Å²) >= 11 is 3.71. The molecule has 1 saturated heterocycles. The third-order valence-corrected chi connectivity index (χ3v) is 9.79. The summed E-state index contributed by atoms with van der Waals surface area (Å²) in [5.74, 6) is 0.528. The summed E-state index contributed by atoms with van der Waals surface area (Å²) in [7, 11) is -3.81. The number of halogens is 1. The van der Waals surface area contributed by atoms with Gasteiger partial charge in [0, 0.05) is 38.3 Å². The van der Waals surface area contributed by atoms with Crippen LogP contribution in [0.5, 0.6) is 5.75 Å². The lowest BCUT2D eigenvalue weighted by Crippen LogP contribution is -2.35. The lowest BCUT2D eigenvalue weighted by molar-refractivity contribution is 0.202. The average Bonchev–Trinajstić information content (AvgIpc) is 3.48. The van der Waals surface area contributed by atoms with Gasteiger partial charge in [-0.2, -0.15) is 4.31 Å². The van der Waals surface area contributed by atoms with Crippen LogP contribution >= 0.6 is 15.9 Å². The van der Waals surface area contributed by atoms with Crippen LogP contribution in [0.15, 0.2) is 38.7 Å². The number of aryl methyl sites for hydroxylation is 1. The van der Waals surface area contributed by atoms with Crippen LogP contribution in [0, 0.1) is 0 Å². The lowest BCUT2D eigenvalue weighted by Gasteiger charge is -2.22. The van der Waals surface area contributed by atoms with Gasteiger partial charge in [0.2, 0.25) is 10.0 Å². The summed E-state index contributed by atoms with van der Waals surface area (Å²) in [4.78, 5) is 18.9. The van der Waals surface area contributed by atoms with Gasteiger partial charge in [0.05, 0.1) is 33.8 Å². The van der Waals surface area contributed by atoms with Crippen LogP contribution in [-0.2, 0) is 16.6 Å². The summed E-state index contributed by atoms with van der Waals surface area (Å²) in [6, 6.07) is 4.91. The zero-order valence-electron chi connectivity index (χ0n) is 22.6. The van der Waals surface area contributed by atoms with Gasteiger partial charge >= 0.3 is 5.69 Å². The Kier molecular flexibility index (Phi) is 8.61. The minimum Gasteiger partial charge on any atom is -0.493 e. The molecule has 0 spiro atoms. The number of sulfonamides is 1. The number of H-pyrrole nitrogens is 1. The number of aromatic amines is 1. The van der Waals surface area contributed by atoms with Gasteiger partial charge in [-0.25, -0.2) is 17.6 Å². The average molecular weight is 637 g/mol. The van der Waals surface area contributed by atoms with Crippen molar-refractivity contribution >= 4 is 42.6 Å². The Morgan fingerprint density at radius 1 is 1.12 bits per heavy atom. The Hall–Kier alpha value is -2.78. The Bertz CT molecular complexity index is 1680. The summed E-state index contributed by atoms with van der Waals surface area (Å²) in [5.41, 5.74) is 2.52. The second-order valence-electron chi connectivity index (χ2n) is 9.83. The van der Waals surface area contributed by atoms with E-state index in [0.29, 0.717) is 83.9 Å². The predicted molar refractivity (Wildman–Crippen MR) is 155 cm³/mol. The molecule has 1 aliphatic rings. The summed E-state index contributed by atoms with van der Waals surface area (Å²) < 4.78 is 38.9. The molecule has 0 unspecified atom stereocenters. The highest BCUT2D eigenvalue weighted by molar-refractivity contribution is 9.10. The summed E-state index contributed by atoms with van der Waals surface area (Å²) in [6.07, 6.45) is 3.59. The van der Waals surface area contributed by atoms with Crippen molar-refractivity contribution in [1.82, 2.24) is 33.4 Å². The molecule has 3 aromatic heterocycles. The number of fused-ring (bicyclic) bond motifs is 3. The molecule has 4 aromatic rings. The van der Waals surface area contributed by atoms with Crippen molar-refractivity contribution in [3.63, 3.8) is 0 Å². The molecule has 4 heterocycles. The molecule has 1 aromatic carbocycles. The molecule has 5 rings (SSSR count). The molecule has 1 fully saturated rings. The number of β-amino-alcohol motifs (C(OH)–C–C–N with tert-alkyl or cyclic N) is 1. The Morgan fingerprint density at radius 2 is 1.95 bits per heavy atom. The molecule has 12 nitrogen and oxygen atoms in total. The molecule has 0 aliphatic carbocycles. The van der Waals surface area contributed by atoms with Gasteiger partial charge in [-0.1, -0.05) is 13.8 Å². The standard InChI is InChI=1S/C26H34BrN7O5S/c1-3-8-33-24-21(27)22(29-23(24)25-30-28-17-34(25)26(33)36)19-16-18(6-7-20(19)39-15-4-2)40(37,38)32-10-5-9-31(11-12-32)13-14-35/h6-7,16-17,29,35H,3-5,8-15H2,1-2H3. The number of aromatic nitrogens is 5. The molecular formula is C26H34BrN7O5S. The smallest absolute Gasteiger partial charge is 0.335 e. The highest BCUT2D eigenvalue weighted by atomic mass is 79.9. The van der Waals surface area contributed by atoms with Crippen LogP contribution < -0.4 is 10.4 Å². The van der Waals surface area contributed by atoms with Crippen LogP contribution in [0.2, 0.25) is 0 Å². The van der Waals surface area contributed by atoms with Crippen molar-refractivity contribution in [2.24, 2.45) is 0 Å². The van der Waals surface area contributed by atoms with E-state index in [1.165, 1.54) is 15.0 Å². The summed E-state index contributed by atoms with van der Waals surface area (Å²) in [5, 5.41) is 17.4. The molecule has 0 amide bonds. The maximum atomic E-state index is 13.8. The molecule has 216 valence electrons. The van der Waals surface area contributed by atoms with E-state index in [0.717, 1.165) is 19.4 Å². The topological polar surface area (TPSA) is 138 Å². The Morgan fingerprint density at radius 3 is 2.70 bits per heavy atom. The first kappa shape index (κ1) is 28.7. The van der Waals surface area contributed by atoms with Gasteiger partial charge in [0.1, 0.15) is 17.6 Å². The predicted octanol–water partition coefficient (Wildman–Crippen LogP) is 2.69. The SMILES string of the molecule is CCCOc1ccc(S(=O)(=O)N2CCCN(CCO)CC2)cc1-c1[nH]c2c(c1Br)n(CCC)c(=O)n1cnnc21. The van der Waals surface area contributed by atoms with E-state index in [9.17, 15) is 18.3 Å². The first-order valence-corrected chi connectivity index (χ1v) is 15.8. The number of nitrogens with zero attached hydrogens (tertiary/aromatic N) is 6. The number of aliphatic hydroxyl groups is 1. The molecule has 14 heteroatoms. The first-order valence-electron chi connectivity index (χ1n) is 13.6. The molecule has 2 N–H and O–H groups in total. The quantitative estimate of drug-likeness (QED) is 0.271. The minimum absolute atomic E-state index is 0.0436. The zero-order chi connectivity index (χ0) is 28.4. The maximum absolute atomic E-state index is 13.8. The van der Waals surface area contributed by atoms with Crippen molar-refractivity contribution < 1.29 is 18.3 Å². The van der Waals surface area contributed by atoms with Crippen LogP contribution in [0.25, 0.3) is 27.9 Å². The normalized spacial score (nSPS) is 15.7. The molecule has 1 aliphatic heterocycles. The minimum atomic E-state index is -3.81. The fourth-order valence-electron chi connectivity index (χ4n) is 5.17.